The van der Waals surface area contributed by atoms with Gasteiger partial charge in [0.1, 0.15) is 11.6 Å². The molecule has 0 bridgehead atoms. The lowest BCUT2D eigenvalue weighted by Crippen LogP contribution is -2.43. The Labute approximate surface area is 183 Å². The number of hydrogen-bond acceptors (Lipinski definition) is 6. The fraction of sp³-hybridized carbons (Fsp3) is 0.550. The molecule has 10 nitrogen and oxygen atoms in total. The third kappa shape index (κ3) is 9.69. The van der Waals surface area contributed by atoms with Crippen LogP contribution < -0.4 is 10.0 Å². The second kappa shape index (κ2) is 11.0. The molecule has 0 saturated carbocycles. The second-order valence-electron chi connectivity index (χ2n) is 8.20. The lowest BCUT2D eigenvalue weighted by molar-refractivity contribution is -0.139. The summed E-state index contributed by atoms with van der Waals surface area (Å²) in [6, 6.07) is 5.27. The Kier molecular flexibility index (Phi) is 9.29. The molecule has 1 aromatic carbocycles. The number of rotatable bonds is 8. The Hall–Kier alpha value is -2.82. The van der Waals surface area contributed by atoms with Gasteiger partial charge in [0.15, 0.2) is 0 Å². The number of carbonyl (C=O) groups excluding carboxylic acids is 1. The first-order valence-corrected chi connectivity index (χ1v) is 11.2. The van der Waals surface area contributed by atoms with Crippen LogP contribution in [-0.4, -0.2) is 68.7 Å². The molecule has 0 saturated heterocycles. The maximum atomic E-state index is 12.6. The van der Waals surface area contributed by atoms with Crippen molar-refractivity contribution in [3.05, 3.63) is 29.8 Å². The summed E-state index contributed by atoms with van der Waals surface area (Å²) in [5, 5.41) is 11.6. The number of carboxylic acid groups (broad SMARTS) is 1. The van der Waals surface area contributed by atoms with Crippen molar-refractivity contribution in [2.45, 2.75) is 57.1 Å². The molecule has 31 heavy (non-hydrogen) atoms. The molecule has 0 unspecified atom stereocenters. The highest BCUT2D eigenvalue weighted by molar-refractivity contribution is 7.90. The van der Waals surface area contributed by atoms with Crippen molar-refractivity contribution in [1.82, 2.24) is 14.9 Å². The number of carboxylic acids is 1. The predicted molar refractivity (Wildman–Crippen MR) is 118 cm³/mol. The van der Waals surface area contributed by atoms with Gasteiger partial charge in [-0.3, -0.25) is 4.99 Å². The maximum Gasteiger partial charge on any atom is 0.408 e. The van der Waals surface area contributed by atoms with E-state index in [0.717, 1.165) is 5.56 Å². The van der Waals surface area contributed by atoms with E-state index in [9.17, 15) is 23.1 Å². The Morgan fingerprint density at radius 2 is 1.77 bits per heavy atom. The minimum absolute atomic E-state index is 0.101. The number of aliphatic imine (C=N–C) groups is 1. The third-order valence-electron chi connectivity index (χ3n) is 3.88. The van der Waals surface area contributed by atoms with Crippen LogP contribution in [0.5, 0.6) is 0 Å². The van der Waals surface area contributed by atoms with E-state index in [2.05, 4.69) is 15.0 Å². The van der Waals surface area contributed by atoms with Gasteiger partial charge in [0, 0.05) is 20.6 Å². The van der Waals surface area contributed by atoms with E-state index in [1.54, 1.807) is 47.0 Å². The number of sulfonamides is 1. The van der Waals surface area contributed by atoms with Gasteiger partial charge in [-0.15, -0.1) is 0 Å². The first-order chi connectivity index (χ1) is 14.2. The molecule has 174 valence electrons. The first-order valence-electron chi connectivity index (χ1n) is 9.75. The van der Waals surface area contributed by atoms with Crippen molar-refractivity contribution in [3.63, 3.8) is 0 Å². The third-order valence-corrected chi connectivity index (χ3v) is 5.23. The predicted octanol–water partition coefficient (Wildman–Crippen LogP) is 1.95. The van der Waals surface area contributed by atoms with Crippen LogP contribution in [0.4, 0.5) is 4.79 Å². The number of alkyl carbamates (subject to hydrolysis) is 1. The summed E-state index contributed by atoms with van der Waals surface area (Å²) in [4.78, 5) is 29.1. The van der Waals surface area contributed by atoms with Crippen LogP contribution in [0.15, 0.2) is 34.2 Å². The average Bonchev–Trinajstić information content (AvgIpc) is 2.61. The number of amides is 1. The standard InChI is InChI=1S/C20H32N4O6S/c1-14-9-11-15(12-10-14)31(28,29)23-18(24(5)6)21-13-7-8-16(17(25)26)22-19(27)30-20(2,3)4/h9-12,16H,7-8,13H2,1-6H3,(H,21,23)(H,22,27)(H,25,26)/t16-/m0/s1. The molecule has 1 aromatic rings. The number of nitrogens with one attached hydrogen (secondary N) is 2. The van der Waals surface area contributed by atoms with Crippen LogP contribution in [0.3, 0.4) is 0 Å². The molecule has 0 heterocycles. The van der Waals surface area contributed by atoms with Gasteiger partial charge in [-0.2, -0.15) is 0 Å². The highest BCUT2D eigenvalue weighted by Gasteiger charge is 2.23. The highest BCUT2D eigenvalue weighted by atomic mass is 32.2. The van der Waals surface area contributed by atoms with Gasteiger partial charge in [-0.05, 0) is 52.7 Å². The Morgan fingerprint density at radius 3 is 2.26 bits per heavy atom. The monoisotopic (exact) mass is 456 g/mol. The SMILES string of the molecule is Cc1ccc(S(=O)(=O)NC(=NCCC[C@H](NC(=O)OC(C)(C)C)C(=O)O)N(C)C)cc1. The zero-order valence-corrected chi connectivity index (χ0v) is 19.6. The molecule has 0 aliphatic rings. The molecule has 0 spiro atoms. The number of carbonyl (C=O) groups is 2. The molecular formula is C20H32N4O6S. The van der Waals surface area contributed by atoms with Gasteiger partial charge >= 0.3 is 12.1 Å². The smallest absolute Gasteiger partial charge is 0.408 e. The van der Waals surface area contributed by atoms with Crippen LogP contribution in [0.25, 0.3) is 0 Å². The number of nitrogens with zero attached hydrogens (tertiary/aromatic N) is 2. The van der Waals surface area contributed by atoms with Gasteiger partial charge in [-0.1, -0.05) is 17.7 Å². The summed E-state index contributed by atoms with van der Waals surface area (Å²) >= 11 is 0. The van der Waals surface area contributed by atoms with Gasteiger partial charge in [0.25, 0.3) is 10.0 Å². The first kappa shape index (κ1) is 26.2. The van der Waals surface area contributed by atoms with Crippen LogP contribution in [-0.2, 0) is 19.6 Å². The van der Waals surface area contributed by atoms with E-state index < -0.39 is 33.7 Å². The average molecular weight is 457 g/mol. The molecule has 0 aliphatic heterocycles. The minimum Gasteiger partial charge on any atom is -0.480 e. The van der Waals surface area contributed by atoms with Crippen molar-refractivity contribution in [1.29, 1.82) is 0 Å². The topological polar surface area (TPSA) is 137 Å². The lowest BCUT2D eigenvalue weighted by Gasteiger charge is -2.22. The zero-order valence-electron chi connectivity index (χ0n) is 18.8. The van der Waals surface area contributed by atoms with Gasteiger partial charge in [0.2, 0.25) is 5.96 Å². The van der Waals surface area contributed by atoms with E-state index in [1.165, 1.54) is 17.0 Å². The summed E-state index contributed by atoms with van der Waals surface area (Å²) in [5.74, 6) is -1.07. The fourth-order valence-corrected chi connectivity index (χ4v) is 3.45. The van der Waals surface area contributed by atoms with Crippen molar-refractivity contribution < 1.29 is 27.9 Å². The van der Waals surface area contributed by atoms with Crippen molar-refractivity contribution in [2.24, 2.45) is 4.99 Å². The minimum atomic E-state index is -3.81. The molecule has 0 aliphatic carbocycles. The van der Waals surface area contributed by atoms with E-state index in [1.807, 2.05) is 6.92 Å². The van der Waals surface area contributed by atoms with Crippen molar-refractivity contribution >= 4 is 28.0 Å². The normalized spacial score (nSPS) is 13.3. The number of hydrogen-bond donors (Lipinski definition) is 3. The van der Waals surface area contributed by atoms with Crippen molar-refractivity contribution in [3.8, 4) is 0 Å². The largest absolute Gasteiger partial charge is 0.480 e. The molecule has 0 aromatic heterocycles. The Bertz CT molecular complexity index is 889. The van der Waals surface area contributed by atoms with Crippen molar-refractivity contribution in [2.75, 3.05) is 20.6 Å². The maximum absolute atomic E-state index is 12.6. The number of benzene rings is 1. The number of ether oxygens (including phenoxy) is 1. The fourth-order valence-electron chi connectivity index (χ4n) is 2.35. The van der Waals surface area contributed by atoms with Crippen LogP contribution >= 0.6 is 0 Å². The summed E-state index contributed by atoms with van der Waals surface area (Å²) in [7, 11) is -0.533. The summed E-state index contributed by atoms with van der Waals surface area (Å²) < 4.78 is 32.6. The van der Waals surface area contributed by atoms with Crippen LogP contribution in [0, 0.1) is 6.92 Å². The second-order valence-corrected chi connectivity index (χ2v) is 9.88. The molecule has 1 rings (SSSR count). The number of aliphatic carboxylic acids is 1. The zero-order chi connectivity index (χ0) is 23.8. The van der Waals surface area contributed by atoms with E-state index in [4.69, 9.17) is 4.74 Å². The highest BCUT2D eigenvalue weighted by Crippen LogP contribution is 2.11. The molecule has 1 atom stereocenters. The van der Waals surface area contributed by atoms with Gasteiger partial charge in [-0.25, -0.2) is 22.7 Å². The summed E-state index contributed by atoms with van der Waals surface area (Å²) in [6.45, 7) is 7.05. The molecular weight excluding hydrogens is 424 g/mol. The Balaban J connectivity index is 2.73. The molecule has 0 radical (unpaired) electrons. The molecule has 3 N–H and O–H groups in total. The van der Waals surface area contributed by atoms with Gasteiger partial charge < -0.3 is 20.1 Å². The van der Waals surface area contributed by atoms with Crippen LogP contribution in [0.2, 0.25) is 0 Å². The number of guanidine groups is 1. The van der Waals surface area contributed by atoms with E-state index >= 15 is 0 Å². The Morgan fingerprint density at radius 1 is 1.19 bits per heavy atom. The van der Waals surface area contributed by atoms with E-state index in [-0.39, 0.29) is 23.8 Å². The molecule has 1 amide bonds. The summed E-state index contributed by atoms with van der Waals surface area (Å²) in [6.07, 6.45) is -0.414. The van der Waals surface area contributed by atoms with Gasteiger partial charge in [0.05, 0.1) is 4.90 Å². The summed E-state index contributed by atoms with van der Waals surface area (Å²) in [5.41, 5.74) is 0.195. The van der Waals surface area contributed by atoms with Crippen LogP contribution in [0.1, 0.15) is 39.2 Å². The lowest BCUT2D eigenvalue weighted by atomic mass is 10.1. The quantitative estimate of drug-likeness (QED) is 0.309. The van der Waals surface area contributed by atoms with E-state index in [0.29, 0.717) is 6.42 Å². The molecule has 11 heteroatoms. The number of aryl methyl sites for hydroxylation is 1. The molecule has 0 fully saturated rings.